The lowest BCUT2D eigenvalue weighted by molar-refractivity contribution is -0.139. The number of nitrogens with two attached hydrogens (primary N) is 2. The summed E-state index contributed by atoms with van der Waals surface area (Å²) in [4.78, 5) is 32.1. The van der Waals surface area contributed by atoms with Gasteiger partial charge in [0.15, 0.2) is 0 Å². The average molecular weight is 424 g/mol. The standard InChI is InChI=1S/C18H21N2O8P/c19-13(17(21)22)9-11-5-1-3-7-15(11)27-29(25,26)28-16-8-4-2-6-12(16)10-14(20)18(23)24/h1-8,13-14H,9-10,19-20H2,(H,21,22)(H,23,24)(H,25,26). The van der Waals surface area contributed by atoms with Crippen molar-refractivity contribution in [1.29, 1.82) is 0 Å². The molecular weight excluding hydrogens is 403 g/mol. The molecule has 7 N–H and O–H groups in total. The molecule has 0 saturated carbocycles. The molecule has 156 valence electrons. The van der Waals surface area contributed by atoms with Crippen molar-refractivity contribution in [1.82, 2.24) is 0 Å². The van der Waals surface area contributed by atoms with Crippen LogP contribution in [0.1, 0.15) is 11.1 Å². The van der Waals surface area contributed by atoms with E-state index in [1.54, 1.807) is 12.1 Å². The van der Waals surface area contributed by atoms with Gasteiger partial charge in [0.05, 0.1) is 0 Å². The normalized spacial score (nSPS) is 15.0. The van der Waals surface area contributed by atoms with E-state index in [1.165, 1.54) is 36.4 Å². The maximum atomic E-state index is 12.5. The summed E-state index contributed by atoms with van der Waals surface area (Å²) >= 11 is 0. The monoisotopic (exact) mass is 424 g/mol. The number of carbonyl (C=O) groups is 2. The van der Waals surface area contributed by atoms with E-state index >= 15 is 0 Å². The van der Waals surface area contributed by atoms with Crippen molar-refractivity contribution in [3.8, 4) is 11.5 Å². The third-order valence-electron chi connectivity index (χ3n) is 3.89. The molecule has 0 amide bonds. The van der Waals surface area contributed by atoms with Gasteiger partial charge in [0.2, 0.25) is 0 Å². The third-order valence-corrected chi connectivity index (χ3v) is 4.74. The lowest BCUT2D eigenvalue weighted by Gasteiger charge is -2.19. The molecule has 29 heavy (non-hydrogen) atoms. The number of carboxylic acids is 2. The second kappa shape index (κ2) is 9.53. The highest BCUT2D eigenvalue weighted by atomic mass is 31.2. The second-order valence-electron chi connectivity index (χ2n) is 6.16. The Morgan fingerprint density at radius 1 is 0.828 bits per heavy atom. The number of para-hydroxylation sites is 2. The van der Waals surface area contributed by atoms with Crippen molar-refractivity contribution in [3.05, 3.63) is 59.7 Å². The minimum atomic E-state index is -4.70. The van der Waals surface area contributed by atoms with Gasteiger partial charge in [-0.3, -0.25) is 14.5 Å². The predicted octanol–water partition coefficient (Wildman–Crippen LogP) is 1.15. The van der Waals surface area contributed by atoms with Gasteiger partial charge in [-0.15, -0.1) is 0 Å². The molecule has 2 unspecified atom stereocenters. The van der Waals surface area contributed by atoms with E-state index in [2.05, 4.69) is 0 Å². The number of hydrogen-bond acceptors (Lipinski definition) is 7. The molecule has 0 heterocycles. The highest BCUT2D eigenvalue weighted by Gasteiger charge is 2.28. The lowest BCUT2D eigenvalue weighted by atomic mass is 10.1. The molecule has 0 aliphatic heterocycles. The largest absolute Gasteiger partial charge is 0.584 e. The summed E-state index contributed by atoms with van der Waals surface area (Å²) in [7, 11) is -4.70. The highest BCUT2D eigenvalue weighted by molar-refractivity contribution is 7.48. The van der Waals surface area contributed by atoms with E-state index in [1.807, 2.05) is 0 Å². The molecular formula is C18H21N2O8P. The van der Waals surface area contributed by atoms with Crippen LogP contribution in [0.25, 0.3) is 0 Å². The number of aliphatic carboxylic acids is 2. The van der Waals surface area contributed by atoms with Crippen LogP contribution in [0.3, 0.4) is 0 Å². The molecule has 2 rings (SSSR count). The van der Waals surface area contributed by atoms with Gasteiger partial charge < -0.3 is 30.7 Å². The summed E-state index contributed by atoms with van der Waals surface area (Å²) in [6.45, 7) is 0. The molecule has 0 spiro atoms. The first-order valence-electron chi connectivity index (χ1n) is 8.43. The number of carboxylic acid groups (broad SMARTS) is 2. The Morgan fingerprint density at radius 2 is 1.17 bits per heavy atom. The number of hydrogen-bond donors (Lipinski definition) is 5. The summed E-state index contributed by atoms with van der Waals surface area (Å²) in [6.07, 6.45) is -0.259. The summed E-state index contributed by atoms with van der Waals surface area (Å²) in [5.41, 5.74) is 11.6. The zero-order valence-corrected chi connectivity index (χ0v) is 16.1. The van der Waals surface area contributed by atoms with Crippen molar-refractivity contribution >= 4 is 19.8 Å². The van der Waals surface area contributed by atoms with Crippen LogP contribution in [-0.2, 0) is 27.0 Å². The van der Waals surface area contributed by atoms with Gasteiger partial charge in [0.25, 0.3) is 0 Å². The average Bonchev–Trinajstić information content (AvgIpc) is 2.64. The molecule has 10 nitrogen and oxygen atoms in total. The number of phosphoric ester groups is 1. The predicted molar refractivity (Wildman–Crippen MR) is 103 cm³/mol. The Balaban J connectivity index is 2.21. The first-order valence-corrected chi connectivity index (χ1v) is 9.93. The van der Waals surface area contributed by atoms with Crippen LogP contribution < -0.4 is 20.5 Å². The molecule has 2 aromatic rings. The Labute approximate surface area is 166 Å². The summed E-state index contributed by atoms with van der Waals surface area (Å²) in [5.74, 6) is -2.58. The Hall–Kier alpha value is -2.91. The fourth-order valence-electron chi connectivity index (χ4n) is 2.44. The first-order chi connectivity index (χ1) is 13.6. The lowest BCUT2D eigenvalue weighted by Crippen LogP contribution is -2.32. The molecule has 0 fully saturated rings. The van der Waals surface area contributed by atoms with Gasteiger partial charge >= 0.3 is 19.8 Å². The number of phosphoric acid groups is 1. The zero-order valence-electron chi connectivity index (χ0n) is 15.2. The van der Waals surface area contributed by atoms with Gasteiger partial charge in [0, 0.05) is 12.8 Å². The van der Waals surface area contributed by atoms with Gasteiger partial charge in [0.1, 0.15) is 23.6 Å². The van der Waals surface area contributed by atoms with Crippen LogP contribution in [-0.4, -0.2) is 39.1 Å². The number of benzene rings is 2. The van der Waals surface area contributed by atoms with Crippen LogP contribution in [0.4, 0.5) is 0 Å². The molecule has 2 aromatic carbocycles. The molecule has 0 radical (unpaired) electrons. The maximum absolute atomic E-state index is 12.5. The van der Waals surface area contributed by atoms with Crippen molar-refractivity contribution in [2.24, 2.45) is 11.5 Å². The van der Waals surface area contributed by atoms with Crippen LogP contribution in [0.5, 0.6) is 11.5 Å². The molecule has 11 heteroatoms. The van der Waals surface area contributed by atoms with Gasteiger partial charge in [-0.2, -0.15) is 0 Å². The number of rotatable bonds is 10. The van der Waals surface area contributed by atoms with Gasteiger partial charge in [-0.1, -0.05) is 36.4 Å². The third kappa shape index (κ3) is 6.58. The Morgan fingerprint density at radius 3 is 1.52 bits per heavy atom. The van der Waals surface area contributed by atoms with E-state index in [4.69, 9.17) is 30.7 Å². The summed E-state index contributed by atoms with van der Waals surface area (Å²) in [5, 5.41) is 17.9. The quantitative estimate of drug-likeness (QED) is 0.347. The van der Waals surface area contributed by atoms with Crippen LogP contribution >= 0.6 is 7.82 Å². The molecule has 0 aliphatic carbocycles. The van der Waals surface area contributed by atoms with Crippen molar-refractivity contribution < 1.29 is 38.3 Å². The van der Waals surface area contributed by atoms with E-state index in [0.717, 1.165) is 0 Å². The fraction of sp³-hybridized carbons (Fsp3) is 0.222. The van der Waals surface area contributed by atoms with Crippen molar-refractivity contribution in [3.63, 3.8) is 0 Å². The smallest absolute Gasteiger partial charge is 0.480 e. The Bertz CT molecular complexity index is 864. The van der Waals surface area contributed by atoms with E-state index < -0.39 is 31.8 Å². The summed E-state index contributed by atoms with van der Waals surface area (Å²) in [6, 6.07) is 9.59. The minimum Gasteiger partial charge on any atom is -0.480 e. The fourth-order valence-corrected chi connectivity index (χ4v) is 3.33. The maximum Gasteiger partial charge on any atom is 0.584 e. The molecule has 0 saturated heterocycles. The van der Waals surface area contributed by atoms with Gasteiger partial charge in [-0.25, -0.2) is 4.57 Å². The van der Waals surface area contributed by atoms with E-state index in [-0.39, 0.29) is 24.3 Å². The summed E-state index contributed by atoms with van der Waals surface area (Å²) < 4.78 is 22.7. The molecule has 0 aliphatic rings. The van der Waals surface area contributed by atoms with E-state index in [0.29, 0.717) is 11.1 Å². The second-order valence-corrected chi connectivity index (χ2v) is 7.47. The first kappa shape index (κ1) is 22.4. The highest BCUT2D eigenvalue weighted by Crippen LogP contribution is 2.46. The molecule has 0 aromatic heterocycles. The molecule has 2 atom stereocenters. The Kier molecular flexibility index (Phi) is 7.35. The van der Waals surface area contributed by atoms with Crippen molar-refractivity contribution in [2.45, 2.75) is 24.9 Å². The zero-order chi connectivity index (χ0) is 21.6. The van der Waals surface area contributed by atoms with Crippen molar-refractivity contribution in [2.75, 3.05) is 0 Å². The minimum absolute atomic E-state index is 0.0604. The van der Waals surface area contributed by atoms with Crippen LogP contribution in [0.15, 0.2) is 48.5 Å². The van der Waals surface area contributed by atoms with E-state index in [9.17, 15) is 19.0 Å². The van der Waals surface area contributed by atoms with Gasteiger partial charge in [-0.05, 0) is 23.3 Å². The molecule has 0 bridgehead atoms. The topological polar surface area (TPSA) is 182 Å². The van der Waals surface area contributed by atoms with Crippen LogP contribution in [0.2, 0.25) is 0 Å². The van der Waals surface area contributed by atoms with Crippen LogP contribution in [0, 0.1) is 0 Å². The SMILES string of the molecule is NC(Cc1ccccc1OP(=O)(O)Oc1ccccc1CC(N)C(=O)O)C(=O)O.